The molecule has 1 unspecified atom stereocenters. The number of hydrogen-bond donors (Lipinski definition) is 2. The highest BCUT2D eigenvalue weighted by Gasteiger charge is 2.26. The summed E-state index contributed by atoms with van der Waals surface area (Å²) in [6.45, 7) is 3.75. The maximum atomic E-state index is 11.9. The number of nitrogens with zero attached hydrogens (tertiary/aromatic N) is 1. The van der Waals surface area contributed by atoms with Crippen molar-refractivity contribution in [3.63, 3.8) is 0 Å². The van der Waals surface area contributed by atoms with Gasteiger partial charge in [0.15, 0.2) is 0 Å². The van der Waals surface area contributed by atoms with Crippen LogP contribution in [0.2, 0.25) is 5.02 Å². The summed E-state index contributed by atoms with van der Waals surface area (Å²) in [5.74, 6) is 0. The van der Waals surface area contributed by atoms with Gasteiger partial charge >= 0.3 is 6.03 Å². The molecule has 1 heterocycles. The van der Waals surface area contributed by atoms with Gasteiger partial charge in [-0.1, -0.05) is 23.7 Å². The summed E-state index contributed by atoms with van der Waals surface area (Å²) < 4.78 is 5.43. The highest BCUT2D eigenvalue weighted by atomic mass is 35.5. The summed E-state index contributed by atoms with van der Waals surface area (Å²) in [7, 11) is 0. The number of benzene rings is 1. The molecule has 0 radical (unpaired) electrons. The maximum absolute atomic E-state index is 11.9. The predicted octanol–water partition coefficient (Wildman–Crippen LogP) is 2.17. The van der Waals surface area contributed by atoms with E-state index in [1.165, 1.54) is 0 Å². The van der Waals surface area contributed by atoms with Crippen LogP contribution in [0.25, 0.3) is 0 Å². The van der Waals surface area contributed by atoms with Crippen molar-refractivity contribution in [3.05, 3.63) is 34.9 Å². The average molecular weight is 324 g/mol. The van der Waals surface area contributed by atoms with Crippen molar-refractivity contribution in [2.75, 3.05) is 32.8 Å². The van der Waals surface area contributed by atoms with Gasteiger partial charge in [0.05, 0.1) is 19.3 Å². The Morgan fingerprint density at radius 1 is 1.36 bits per heavy atom. The van der Waals surface area contributed by atoms with Gasteiger partial charge < -0.3 is 15.4 Å². The van der Waals surface area contributed by atoms with Crippen LogP contribution in [-0.4, -0.2) is 49.8 Å². The molecule has 2 N–H and O–H groups in total. The van der Waals surface area contributed by atoms with Crippen molar-refractivity contribution in [3.8, 4) is 0 Å². The Morgan fingerprint density at radius 3 is 2.82 bits per heavy atom. The Labute approximate surface area is 136 Å². The molecule has 120 valence electrons. The van der Waals surface area contributed by atoms with Crippen LogP contribution in [-0.2, 0) is 4.74 Å². The van der Waals surface area contributed by atoms with E-state index in [-0.39, 0.29) is 12.1 Å². The van der Waals surface area contributed by atoms with Gasteiger partial charge in [0, 0.05) is 30.7 Å². The molecule has 2 fully saturated rings. The number of ether oxygens (including phenoxy) is 1. The zero-order valence-corrected chi connectivity index (χ0v) is 13.3. The fourth-order valence-corrected chi connectivity index (χ4v) is 2.91. The van der Waals surface area contributed by atoms with Gasteiger partial charge in [-0.3, -0.25) is 4.90 Å². The Bertz CT molecular complexity index is 516. The number of halogens is 1. The molecule has 0 bridgehead atoms. The third-order valence-electron chi connectivity index (χ3n) is 4.09. The lowest BCUT2D eigenvalue weighted by atomic mass is 10.0. The summed E-state index contributed by atoms with van der Waals surface area (Å²) in [5.41, 5.74) is 1.13. The Kier molecular flexibility index (Phi) is 5.18. The molecule has 1 saturated carbocycles. The van der Waals surface area contributed by atoms with Crippen molar-refractivity contribution in [2.24, 2.45) is 0 Å². The van der Waals surface area contributed by atoms with E-state index in [0.29, 0.717) is 12.6 Å². The predicted molar refractivity (Wildman–Crippen MR) is 86.1 cm³/mol. The summed E-state index contributed by atoms with van der Waals surface area (Å²) in [5, 5.41) is 6.67. The monoisotopic (exact) mass is 323 g/mol. The molecule has 0 spiro atoms. The fourth-order valence-electron chi connectivity index (χ4n) is 2.71. The van der Waals surface area contributed by atoms with E-state index >= 15 is 0 Å². The van der Waals surface area contributed by atoms with Crippen molar-refractivity contribution in [1.29, 1.82) is 0 Å². The van der Waals surface area contributed by atoms with Gasteiger partial charge in [-0.15, -0.1) is 0 Å². The lowest BCUT2D eigenvalue weighted by Gasteiger charge is -2.35. The zero-order chi connectivity index (χ0) is 15.4. The van der Waals surface area contributed by atoms with Gasteiger partial charge in [-0.2, -0.15) is 0 Å². The molecule has 5 nitrogen and oxygen atoms in total. The number of rotatable bonds is 5. The number of morpholine rings is 1. The molecule has 1 saturated heterocycles. The fraction of sp³-hybridized carbons (Fsp3) is 0.562. The third-order valence-corrected chi connectivity index (χ3v) is 4.32. The van der Waals surface area contributed by atoms with E-state index in [4.69, 9.17) is 16.3 Å². The second-order valence-electron chi connectivity index (χ2n) is 5.85. The molecule has 1 aromatic carbocycles. The normalized spacial score (nSPS) is 20.4. The summed E-state index contributed by atoms with van der Waals surface area (Å²) in [6.07, 6.45) is 2.18. The molecule has 2 amide bonds. The van der Waals surface area contributed by atoms with Crippen LogP contribution in [0, 0.1) is 0 Å². The van der Waals surface area contributed by atoms with E-state index in [0.717, 1.165) is 49.7 Å². The van der Waals surface area contributed by atoms with Gasteiger partial charge in [-0.25, -0.2) is 4.79 Å². The molecule has 6 heteroatoms. The summed E-state index contributed by atoms with van der Waals surface area (Å²) in [6, 6.07) is 8.27. The van der Waals surface area contributed by atoms with Crippen LogP contribution in [0.5, 0.6) is 0 Å². The zero-order valence-electron chi connectivity index (χ0n) is 12.6. The highest BCUT2D eigenvalue weighted by molar-refractivity contribution is 6.30. The average Bonchev–Trinajstić information content (AvgIpc) is 3.32. The molecular formula is C16H22ClN3O2. The Hall–Kier alpha value is -1.30. The van der Waals surface area contributed by atoms with E-state index in [1.54, 1.807) is 0 Å². The number of carbonyl (C=O) groups excluding carboxylic acids is 1. The Morgan fingerprint density at radius 2 is 2.14 bits per heavy atom. The van der Waals surface area contributed by atoms with E-state index in [9.17, 15) is 4.79 Å². The minimum Gasteiger partial charge on any atom is -0.379 e. The van der Waals surface area contributed by atoms with Gasteiger partial charge in [0.1, 0.15) is 0 Å². The lowest BCUT2D eigenvalue weighted by Crippen LogP contribution is -2.46. The molecule has 0 aromatic heterocycles. The number of urea groups is 1. The van der Waals surface area contributed by atoms with Crippen LogP contribution < -0.4 is 10.6 Å². The molecule has 1 atom stereocenters. The first-order valence-electron chi connectivity index (χ1n) is 7.84. The highest BCUT2D eigenvalue weighted by Crippen LogP contribution is 2.24. The third kappa shape index (κ3) is 4.35. The van der Waals surface area contributed by atoms with Crippen molar-refractivity contribution in [2.45, 2.75) is 24.9 Å². The molecule has 1 aliphatic carbocycles. The van der Waals surface area contributed by atoms with Crippen LogP contribution >= 0.6 is 11.6 Å². The van der Waals surface area contributed by atoms with E-state index in [1.807, 2.05) is 18.2 Å². The number of amides is 2. The number of hydrogen-bond acceptors (Lipinski definition) is 3. The van der Waals surface area contributed by atoms with Gasteiger partial charge in [0.2, 0.25) is 0 Å². The van der Waals surface area contributed by atoms with Crippen molar-refractivity contribution < 1.29 is 9.53 Å². The largest absolute Gasteiger partial charge is 0.379 e. The van der Waals surface area contributed by atoms with Crippen LogP contribution in [0.1, 0.15) is 24.4 Å². The topological polar surface area (TPSA) is 53.6 Å². The standard InChI is InChI=1S/C16H22ClN3O2/c17-13-3-1-2-12(10-13)15(20-6-8-22-9-7-20)11-18-16(21)19-14-4-5-14/h1-3,10,14-15H,4-9,11H2,(H2,18,19,21). The summed E-state index contributed by atoms with van der Waals surface area (Å²) >= 11 is 6.12. The van der Waals surface area contributed by atoms with Crippen LogP contribution in [0.15, 0.2) is 24.3 Å². The molecule has 22 heavy (non-hydrogen) atoms. The van der Waals surface area contributed by atoms with Gasteiger partial charge in [-0.05, 0) is 30.5 Å². The summed E-state index contributed by atoms with van der Waals surface area (Å²) in [4.78, 5) is 14.2. The minimum atomic E-state index is -0.0808. The minimum absolute atomic E-state index is 0.0808. The number of carbonyl (C=O) groups is 1. The first-order chi connectivity index (χ1) is 10.7. The second kappa shape index (κ2) is 7.31. The first kappa shape index (κ1) is 15.6. The van der Waals surface area contributed by atoms with E-state index < -0.39 is 0 Å². The molecule has 1 aliphatic heterocycles. The van der Waals surface area contributed by atoms with Crippen molar-refractivity contribution in [1.82, 2.24) is 15.5 Å². The molecule has 2 aliphatic rings. The van der Waals surface area contributed by atoms with Crippen LogP contribution in [0.3, 0.4) is 0 Å². The van der Waals surface area contributed by atoms with Gasteiger partial charge in [0.25, 0.3) is 0 Å². The van der Waals surface area contributed by atoms with Crippen molar-refractivity contribution >= 4 is 17.6 Å². The maximum Gasteiger partial charge on any atom is 0.315 e. The lowest BCUT2D eigenvalue weighted by molar-refractivity contribution is 0.0167. The van der Waals surface area contributed by atoms with Crippen LogP contribution in [0.4, 0.5) is 4.79 Å². The molecule has 3 rings (SSSR count). The second-order valence-corrected chi connectivity index (χ2v) is 6.28. The molecule has 1 aromatic rings. The number of nitrogens with one attached hydrogen (secondary N) is 2. The van der Waals surface area contributed by atoms with E-state index in [2.05, 4.69) is 21.6 Å². The smallest absolute Gasteiger partial charge is 0.315 e. The quantitative estimate of drug-likeness (QED) is 0.873. The molecular weight excluding hydrogens is 302 g/mol. The SMILES string of the molecule is O=C(NCC(c1cccc(Cl)c1)N1CCOCC1)NC1CC1. The first-order valence-corrected chi connectivity index (χ1v) is 8.22. The Balaban J connectivity index is 1.66.